The molecule has 0 bridgehead atoms. The van der Waals surface area contributed by atoms with Crippen LogP contribution in [0.15, 0.2) is 48.5 Å². The van der Waals surface area contributed by atoms with Crippen molar-refractivity contribution in [3.63, 3.8) is 0 Å². The second kappa shape index (κ2) is 8.70. The molecule has 0 N–H and O–H groups in total. The molecule has 2 aromatic rings. The zero-order chi connectivity index (χ0) is 24.0. The summed E-state index contributed by atoms with van der Waals surface area (Å²) in [6, 6.07) is 13.3. The Morgan fingerprint density at radius 3 is 2.47 bits per heavy atom. The van der Waals surface area contributed by atoms with Gasteiger partial charge in [-0.25, -0.2) is 4.39 Å². The second-order valence-electron chi connectivity index (χ2n) is 8.86. The van der Waals surface area contributed by atoms with E-state index in [1.807, 2.05) is 24.3 Å². The van der Waals surface area contributed by atoms with E-state index in [-0.39, 0.29) is 23.7 Å². The summed E-state index contributed by atoms with van der Waals surface area (Å²) in [6.45, 7) is 3.51. The van der Waals surface area contributed by atoms with Gasteiger partial charge in [0, 0.05) is 24.3 Å². The Balaban J connectivity index is 1.49. The molecule has 0 aliphatic carbocycles. The van der Waals surface area contributed by atoms with Crippen LogP contribution in [-0.2, 0) is 24.0 Å². The van der Waals surface area contributed by atoms with Crippen molar-refractivity contribution in [2.75, 3.05) is 36.7 Å². The number of esters is 1. The summed E-state index contributed by atoms with van der Waals surface area (Å²) in [7, 11) is 1.41. The predicted octanol–water partition coefficient (Wildman–Crippen LogP) is 3.34. The number of nitrogens with zero attached hydrogens (tertiary/aromatic N) is 3. The number of amides is 2. The third-order valence-electron chi connectivity index (χ3n) is 6.87. The number of hydrogen-bond acceptors (Lipinski definition) is 6. The summed E-state index contributed by atoms with van der Waals surface area (Å²) in [5, 5.41) is -0.433. The average Bonchev–Trinajstić information content (AvgIpc) is 3.25. The first-order valence-electron chi connectivity index (χ1n) is 11.4. The number of hydrogen-bond donors (Lipinski definition) is 0. The predicted molar refractivity (Wildman–Crippen MR) is 128 cm³/mol. The highest BCUT2D eigenvalue weighted by atomic mass is 32.2. The first kappa shape index (κ1) is 22.9. The molecular formula is C25H26FN3O4S. The van der Waals surface area contributed by atoms with E-state index >= 15 is 0 Å². The maximum atomic E-state index is 14.2. The Kier molecular flexibility index (Phi) is 5.85. The fourth-order valence-electron chi connectivity index (χ4n) is 5.15. The number of fused-ring (bicyclic) bond motifs is 2. The van der Waals surface area contributed by atoms with Gasteiger partial charge in [0.15, 0.2) is 0 Å². The van der Waals surface area contributed by atoms with Gasteiger partial charge < -0.3 is 4.74 Å². The molecule has 0 aromatic heterocycles. The van der Waals surface area contributed by atoms with Gasteiger partial charge >= 0.3 is 5.97 Å². The van der Waals surface area contributed by atoms with Crippen molar-refractivity contribution in [2.24, 2.45) is 5.92 Å². The zero-order valence-electron chi connectivity index (χ0n) is 19.1. The number of methoxy groups -OCH3 is 1. The lowest BCUT2D eigenvalue weighted by Crippen LogP contribution is -2.52. The molecule has 2 atom stereocenters. The van der Waals surface area contributed by atoms with Crippen molar-refractivity contribution in [3.05, 3.63) is 59.9 Å². The molecule has 1 spiro atoms. The molecule has 3 heterocycles. The fraction of sp³-hybridized carbons (Fsp3) is 0.400. The van der Waals surface area contributed by atoms with Crippen LogP contribution in [0.2, 0.25) is 0 Å². The zero-order valence-corrected chi connectivity index (χ0v) is 19.9. The maximum Gasteiger partial charge on any atom is 0.308 e. The first-order valence-corrected chi connectivity index (χ1v) is 12.2. The topological polar surface area (TPSA) is 70.2 Å². The van der Waals surface area contributed by atoms with Crippen molar-refractivity contribution in [3.8, 4) is 0 Å². The van der Waals surface area contributed by atoms with Crippen LogP contribution >= 0.6 is 11.8 Å². The smallest absolute Gasteiger partial charge is 0.308 e. The quantitative estimate of drug-likeness (QED) is 0.622. The van der Waals surface area contributed by atoms with E-state index in [1.165, 1.54) is 35.9 Å². The molecule has 178 valence electrons. The Morgan fingerprint density at radius 1 is 1.12 bits per heavy atom. The van der Waals surface area contributed by atoms with E-state index in [4.69, 9.17) is 4.74 Å². The number of halogens is 1. The highest BCUT2D eigenvalue weighted by Gasteiger charge is 2.63. The van der Waals surface area contributed by atoms with Crippen molar-refractivity contribution in [2.45, 2.75) is 29.9 Å². The Bertz CT molecular complexity index is 1140. The summed E-state index contributed by atoms with van der Waals surface area (Å²) in [4.78, 5) is 43.5. The molecule has 0 unspecified atom stereocenters. The van der Waals surface area contributed by atoms with E-state index in [1.54, 1.807) is 24.0 Å². The lowest BCUT2D eigenvalue weighted by molar-refractivity contribution is -0.147. The Morgan fingerprint density at radius 2 is 1.79 bits per heavy atom. The van der Waals surface area contributed by atoms with Crippen LogP contribution in [0.5, 0.6) is 0 Å². The molecule has 34 heavy (non-hydrogen) atoms. The molecule has 2 aromatic carbocycles. The van der Waals surface area contributed by atoms with Gasteiger partial charge in [-0.1, -0.05) is 18.2 Å². The summed E-state index contributed by atoms with van der Waals surface area (Å²) >= 11 is 1.33. The normalized spacial score (nSPS) is 25.3. The van der Waals surface area contributed by atoms with E-state index < -0.39 is 15.9 Å². The molecule has 3 aliphatic heterocycles. The van der Waals surface area contributed by atoms with E-state index in [0.717, 1.165) is 11.3 Å². The summed E-state index contributed by atoms with van der Waals surface area (Å²) in [6.07, 6.45) is 1.35. The summed E-state index contributed by atoms with van der Waals surface area (Å²) in [5.74, 6) is -1.07. The van der Waals surface area contributed by atoms with Gasteiger partial charge in [0.25, 0.3) is 5.91 Å². The Labute approximate surface area is 201 Å². The van der Waals surface area contributed by atoms with Crippen molar-refractivity contribution in [1.29, 1.82) is 0 Å². The molecular weight excluding hydrogens is 457 g/mol. The minimum absolute atomic E-state index is 0.119. The minimum Gasteiger partial charge on any atom is -0.469 e. The lowest BCUT2D eigenvalue weighted by atomic mass is 9.97. The van der Waals surface area contributed by atoms with Gasteiger partial charge in [0.05, 0.1) is 30.6 Å². The van der Waals surface area contributed by atoms with Crippen LogP contribution in [-0.4, -0.2) is 54.8 Å². The number of thioether (sulfide) groups is 1. The number of rotatable bonds is 4. The average molecular weight is 484 g/mol. The van der Waals surface area contributed by atoms with Gasteiger partial charge in [-0.3, -0.25) is 29.1 Å². The summed E-state index contributed by atoms with van der Waals surface area (Å²) < 4.78 is 18.5. The van der Waals surface area contributed by atoms with Crippen LogP contribution in [0.3, 0.4) is 0 Å². The number of para-hydroxylation sites is 1. The van der Waals surface area contributed by atoms with E-state index in [0.29, 0.717) is 38.3 Å². The molecule has 5 rings (SSSR count). The molecule has 2 fully saturated rings. The van der Waals surface area contributed by atoms with Crippen LogP contribution in [0, 0.1) is 11.7 Å². The second-order valence-corrected chi connectivity index (χ2v) is 10.4. The highest BCUT2D eigenvalue weighted by molar-refractivity contribution is 8.03. The number of anilines is 2. The van der Waals surface area contributed by atoms with Crippen LogP contribution in [0.1, 0.15) is 25.3 Å². The van der Waals surface area contributed by atoms with Crippen LogP contribution < -0.4 is 9.80 Å². The lowest BCUT2D eigenvalue weighted by Gasteiger charge is -2.36. The minimum atomic E-state index is -1.24. The van der Waals surface area contributed by atoms with Gasteiger partial charge in [0.2, 0.25) is 10.8 Å². The number of carbonyl (C=O) groups is 3. The van der Waals surface area contributed by atoms with Gasteiger partial charge in [0.1, 0.15) is 5.82 Å². The SMILES string of the molecule is COC(=O)C1CCN(CN2C(=O)[C@@]3(S[C@H](C)C(=O)N3c3ccc(F)cc3)c3ccccc32)CC1. The fourth-order valence-corrected chi connectivity index (χ4v) is 6.67. The van der Waals surface area contributed by atoms with Crippen molar-refractivity contribution in [1.82, 2.24) is 4.90 Å². The number of piperidine rings is 1. The number of likely N-dealkylation sites (tertiary alicyclic amines) is 1. The molecule has 2 amide bonds. The largest absolute Gasteiger partial charge is 0.469 e. The highest BCUT2D eigenvalue weighted by Crippen LogP contribution is 2.57. The molecule has 0 saturated carbocycles. The van der Waals surface area contributed by atoms with E-state index in [9.17, 15) is 18.8 Å². The third kappa shape index (κ3) is 3.49. The van der Waals surface area contributed by atoms with Crippen molar-refractivity contribution >= 4 is 40.9 Å². The first-order chi connectivity index (χ1) is 16.4. The van der Waals surface area contributed by atoms with Gasteiger partial charge in [-0.15, -0.1) is 11.8 Å². The molecule has 0 radical (unpaired) electrons. The number of carbonyl (C=O) groups excluding carboxylic acids is 3. The van der Waals surface area contributed by atoms with Crippen LogP contribution in [0.4, 0.5) is 15.8 Å². The molecule has 2 saturated heterocycles. The third-order valence-corrected chi connectivity index (χ3v) is 8.35. The Hall–Kier alpha value is -2.91. The van der Waals surface area contributed by atoms with Crippen molar-refractivity contribution < 1.29 is 23.5 Å². The molecule has 7 nitrogen and oxygen atoms in total. The molecule has 9 heteroatoms. The molecule has 3 aliphatic rings. The van der Waals surface area contributed by atoms with E-state index in [2.05, 4.69) is 4.90 Å². The standard InChI is InChI=1S/C25H26FN3O4S/c1-16-22(30)29(19-9-7-18(26)8-10-19)25(34-16)20-5-3-4-6-21(20)28(24(25)32)15-27-13-11-17(12-14-27)23(31)33-2/h3-10,16-17H,11-15H2,1-2H3/t16-,25+/m1/s1. The number of benzene rings is 2. The van der Waals surface area contributed by atoms with Crippen LogP contribution in [0.25, 0.3) is 0 Å². The monoisotopic (exact) mass is 483 g/mol. The maximum absolute atomic E-state index is 14.2. The van der Waals surface area contributed by atoms with Gasteiger partial charge in [-0.05, 0) is 50.1 Å². The summed E-state index contributed by atoms with van der Waals surface area (Å²) in [5.41, 5.74) is 2.02. The number of ether oxygens (including phenoxy) is 1. The van der Waals surface area contributed by atoms with Gasteiger partial charge in [-0.2, -0.15) is 0 Å².